The number of thioether (sulfide) groups is 1. The second-order valence-corrected chi connectivity index (χ2v) is 10.0. The molecule has 3 amide bonds. The van der Waals surface area contributed by atoms with Gasteiger partial charge in [-0.25, -0.2) is 4.79 Å². The van der Waals surface area contributed by atoms with Gasteiger partial charge in [0.2, 0.25) is 0 Å². The number of hydrogen-bond donors (Lipinski definition) is 1. The largest absolute Gasteiger partial charge is 0.497 e. The monoisotopic (exact) mass is 493 g/mol. The number of nitrogens with zero attached hydrogens (tertiary/aromatic N) is 2. The van der Waals surface area contributed by atoms with Crippen LogP contribution in [0.4, 0.5) is 16.2 Å². The first-order valence-corrected chi connectivity index (χ1v) is 12.3. The molecule has 1 N–H and O–H groups in total. The Labute approximate surface area is 207 Å². The smallest absolute Gasteiger partial charge is 0.323 e. The standard InChI is InChI=1S/C26H24ClN3O3S/c1-17-10-11-23-21(14-17)26(24(31)29(23)16-18-6-3-4-9-22(18)27)30(12-13-34-26)25(32)28-19-7-5-8-20(15-19)33-2/h3-11,14-15H,12-13,16H2,1-2H3,(H,28,32)/t26-/m1/s1. The van der Waals surface area contributed by atoms with E-state index in [4.69, 9.17) is 16.3 Å². The van der Waals surface area contributed by atoms with Gasteiger partial charge >= 0.3 is 6.03 Å². The first-order chi connectivity index (χ1) is 16.4. The van der Waals surface area contributed by atoms with E-state index in [1.807, 2.05) is 61.5 Å². The molecule has 0 bridgehead atoms. The lowest BCUT2D eigenvalue weighted by Crippen LogP contribution is -2.51. The topological polar surface area (TPSA) is 61.9 Å². The van der Waals surface area contributed by atoms with Gasteiger partial charge in [-0.05, 0) is 36.8 Å². The number of urea groups is 1. The number of anilines is 2. The molecule has 3 aromatic rings. The fourth-order valence-corrected chi connectivity index (χ4v) is 6.22. The van der Waals surface area contributed by atoms with E-state index in [9.17, 15) is 9.59 Å². The van der Waals surface area contributed by atoms with Gasteiger partial charge in [-0.3, -0.25) is 9.69 Å². The molecule has 2 aliphatic heterocycles. The minimum Gasteiger partial charge on any atom is -0.497 e. The van der Waals surface area contributed by atoms with Crippen molar-refractivity contribution in [3.8, 4) is 5.75 Å². The van der Waals surface area contributed by atoms with E-state index >= 15 is 0 Å². The maximum atomic E-state index is 14.1. The molecule has 6 nitrogen and oxygen atoms in total. The Bertz CT molecular complexity index is 1280. The first-order valence-electron chi connectivity index (χ1n) is 11.0. The Morgan fingerprint density at radius 2 is 1.97 bits per heavy atom. The average molecular weight is 494 g/mol. The van der Waals surface area contributed by atoms with Gasteiger partial charge in [0.1, 0.15) is 5.75 Å². The Morgan fingerprint density at radius 1 is 1.15 bits per heavy atom. The van der Waals surface area contributed by atoms with Crippen molar-refractivity contribution in [3.63, 3.8) is 0 Å². The summed E-state index contributed by atoms with van der Waals surface area (Å²) in [4.78, 5) is 29.9. The fraction of sp³-hybridized carbons (Fsp3) is 0.231. The third-order valence-corrected chi connectivity index (χ3v) is 7.99. The van der Waals surface area contributed by atoms with Gasteiger partial charge < -0.3 is 15.0 Å². The van der Waals surface area contributed by atoms with Crippen LogP contribution in [0.25, 0.3) is 0 Å². The Hall–Kier alpha value is -3.16. The quantitative estimate of drug-likeness (QED) is 0.511. The van der Waals surface area contributed by atoms with E-state index in [0.29, 0.717) is 35.3 Å². The van der Waals surface area contributed by atoms with Crippen molar-refractivity contribution in [1.82, 2.24) is 4.90 Å². The molecule has 2 aliphatic rings. The number of ether oxygens (including phenoxy) is 1. The molecule has 2 heterocycles. The summed E-state index contributed by atoms with van der Waals surface area (Å²) in [5.41, 5.74) is 4.15. The number of hydrogen-bond acceptors (Lipinski definition) is 4. The lowest BCUT2D eigenvalue weighted by atomic mass is 10.0. The zero-order valence-corrected chi connectivity index (χ0v) is 20.4. The zero-order chi connectivity index (χ0) is 23.9. The molecule has 1 fully saturated rings. The molecule has 0 radical (unpaired) electrons. The number of halogens is 1. The Kier molecular flexibility index (Phi) is 5.91. The summed E-state index contributed by atoms with van der Waals surface area (Å²) in [5.74, 6) is 1.17. The van der Waals surface area contributed by atoms with Crippen LogP contribution in [0, 0.1) is 6.92 Å². The number of carbonyl (C=O) groups excluding carboxylic acids is 2. The molecule has 0 aliphatic carbocycles. The van der Waals surface area contributed by atoms with Gasteiger partial charge in [-0.1, -0.05) is 53.6 Å². The van der Waals surface area contributed by atoms with E-state index < -0.39 is 4.87 Å². The molecule has 0 aromatic heterocycles. The molecule has 0 unspecified atom stereocenters. The van der Waals surface area contributed by atoms with Gasteiger partial charge in [-0.2, -0.15) is 0 Å². The third kappa shape index (κ3) is 3.69. The van der Waals surface area contributed by atoms with Crippen LogP contribution >= 0.6 is 23.4 Å². The van der Waals surface area contributed by atoms with E-state index in [0.717, 1.165) is 22.4 Å². The number of methoxy groups -OCH3 is 1. The molecule has 1 spiro atoms. The third-order valence-electron chi connectivity index (χ3n) is 6.20. The molecular weight excluding hydrogens is 470 g/mol. The lowest BCUT2D eigenvalue weighted by molar-refractivity contribution is -0.123. The van der Waals surface area contributed by atoms with Crippen LogP contribution in [-0.2, 0) is 16.2 Å². The summed E-state index contributed by atoms with van der Waals surface area (Å²) in [6.45, 7) is 2.79. The van der Waals surface area contributed by atoms with Crippen LogP contribution in [0.2, 0.25) is 5.02 Å². The number of amides is 3. The van der Waals surface area contributed by atoms with Crippen LogP contribution in [0.5, 0.6) is 5.75 Å². The second kappa shape index (κ2) is 8.89. The van der Waals surface area contributed by atoms with E-state index in [1.165, 1.54) is 11.8 Å². The van der Waals surface area contributed by atoms with Gasteiger partial charge in [0, 0.05) is 34.6 Å². The molecule has 1 saturated heterocycles. The molecule has 3 aromatic carbocycles. The maximum Gasteiger partial charge on any atom is 0.323 e. The van der Waals surface area contributed by atoms with Gasteiger partial charge in [0.15, 0.2) is 4.87 Å². The number of benzene rings is 3. The van der Waals surface area contributed by atoms with Crippen molar-refractivity contribution in [2.24, 2.45) is 0 Å². The summed E-state index contributed by atoms with van der Waals surface area (Å²) in [7, 11) is 1.58. The average Bonchev–Trinajstić information content (AvgIpc) is 3.38. The number of rotatable bonds is 4. The summed E-state index contributed by atoms with van der Waals surface area (Å²) in [6.07, 6.45) is 0. The Balaban J connectivity index is 1.53. The van der Waals surface area contributed by atoms with Crippen LogP contribution in [-0.4, -0.2) is 36.2 Å². The highest BCUT2D eigenvalue weighted by Crippen LogP contribution is 2.54. The van der Waals surface area contributed by atoms with Gasteiger partial charge in [0.05, 0.1) is 19.3 Å². The van der Waals surface area contributed by atoms with Crippen LogP contribution in [0.15, 0.2) is 66.7 Å². The van der Waals surface area contributed by atoms with Crippen molar-refractivity contribution in [2.45, 2.75) is 18.3 Å². The molecule has 34 heavy (non-hydrogen) atoms. The van der Waals surface area contributed by atoms with Crippen LogP contribution in [0.3, 0.4) is 0 Å². The number of nitrogens with one attached hydrogen (secondary N) is 1. The molecule has 5 rings (SSSR count). The minimum absolute atomic E-state index is 0.128. The molecule has 174 valence electrons. The van der Waals surface area contributed by atoms with Crippen molar-refractivity contribution in [2.75, 3.05) is 29.6 Å². The molecular formula is C26H24ClN3O3S. The highest BCUT2D eigenvalue weighted by molar-refractivity contribution is 8.01. The number of carbonyl (C=O) groups is 2. The van der Waals surface area contributed by atoms with E-state index in [2.05, 4.69) is 5.32 Å². The highest BCUT2D eigenvalue weighted by atomic mass is 35.5. The van der Waals surface area contributed by atoms with Crippen LogP contribution in [0.1, 0.15) is 16.7 Å². The summed E-state index contributed by atoms with van der Waals surface area (Å²) in [6, 6.07) is 20.4. The highest BCUT2D eigenvalue weighted by Gasteiger charge is 2.59. The number of fused-ring (bicyclic) bond motifs is 2. The SMILES string of the molecule is COc1cccc(NC(=O)N2CCS[C@]23C(=O)N(Cc2ccccc2Cl)c2ccc(C)cc23)c1. The summed E-state index contributed by atoms with van der Waals surface area (Å²) >= 11 is 7.92. The molecule has 1 atom stereocenters. The van der Waals surface area contributed by atoms with Crippen LogP contribution < -0.4 is 15.0 Å². The van der Waals surface area contributed by atoms with E-state index in [-0.39, 0.29) is 11.9 Å². The maximum absolute atomic E-state index is 14.1. The van der Waals surface area contributed by atoms with Gasteiger partial charge in [0.25, 0.3) is 5.91 Å². The summed E-state index contributed by atoms with van der Waals surface area (Å²) < 4.78 is 5.27. The van der Waals surface area contributed by atoms with E-state index in [1.54, 1.807) is 29.0 Å². The van der Waals surface area contributed by atoms with Crippen molar-refractivity contribution >= 4 is 46.7 Å². The lowest BCUT2D eigenvalue weighted by Gasteiger charge is -2.33. The molecule has 8 heteroatoms. The van der Waals surface area contributed by atoms with Crippen molar-refractivity contribution < 1.29 is 14.3 Å². The number of aryl methyl sites for hydroxylation is 1. The first kappa shape index (κ1) is 22.6. The van der Waals surface area contributed by atoms with Crippen molar-refractivity contribution in [3.05, 3.63) is 88.4 Å². The van der Waals surface area contributed by atoms with Gasteiger partial charge in [-0.15, -0.1) is 11.8 Å². The van der Waals surface area contributed by atoms with Crippen molar-refractivity contribution in [1.29, 1.82) is 0 Å². The normalized spacial score (nSPS) is 19.0. The predicted molar refractivity (Wildman–Crippen MR) is 137 cm³/mol. The zero-order valence-electron chi connectivity index (χ0n) is 18.9. The fourth-order valence-electron chi connectivity index (χ4n) is 4.57. The Morgan fingerprint density at radius 3 is 2.76 bits per heavy atom. The molecule has 0 saturated carbocycles. The second-order valence-electron chi connectivity index (χ2n) is 8.31. The predicted octanol–water partition coefficient (Wildman–Crippen LogP) is 5.64. The summed E-state index contributed by atoms with van der Waals surface area (Å²) in [5, 5.41) is 3.56. The minimum atomic E-state index is -1.12.